The minimum Gasteiger partial charge on any atom is -0.0839 e. The third-order valence-corrected chi connectivity index (χ3v) is 10.3. The fourth-order valence-electron chi connectivity index (χ4n) is 8.19. The Morgan fingerprint density at radius 1 is 0.619 bits per heavy atom. The van der Waals surface area contributed by atoms with E-state index in [0.29, 0.717) is 17.8 Å². The Kier molecular flexibility index (Phi) is 6.79. The third-order valence-electron chi connectivity index (χ3n) is 10.3. The number of rotatable bonds is 4. The molecule has 3 unspecified atom stereocenters. The van der Waals surface area contributed by atoms with Gasteiger partial charge in [-0.25, -0.2) is 0 Å². The average molecular weight is 545 g/mol. The summed E-state index contributed by atoms with van der Waals surface area (Å²) in [4.78, 5) is 0. The number of fused-ring (bicyclic) bond motifs is 3. The average Bonchev–Trinajstić information content (AvgIpc) is 3.07. The van der Waals surface area contributed by atoms with Crippen molar-refractivity contribution in [3.63, 3.8) is 0 Å². The van der Waals surface area contributed by atoms with E-state index in [0.717, 1.165) is 32.1 Å². The smallest absolute Gasteiger partial charge is 0.00613 e. The highest BCUT2D eigenvalue weighted by molar-refractivity contribution is 6.02. The molecule has 0 N–H and O–H groups in total. The molecule has 3 atom stereocenters. The molecule has 0 saturated heterocycles. The van der Waals surface area contributed by atoms with Crippen LogP contribution in [0.2, 0.25) is 0 Å². The van der Waals surface area contributed by atoms with E-state index >= 15 is 0 Å². The Bertz CT molecular complexity index is 1850. The Morgan fingerprint density at radius 2 is 1.38 bits per heavy atom. The summed E-state index contributed by atoms with van der Waals surface area (Å²) in [6, 6.07) is 9.32. The molecule has 0 nitrogen and oxygen atoms in total. The lowest BCUT2D eigenvalue weighted by Crippen LogP contribution is -2.35. The number of hydrogen-bond acceptors (Lipinski definition) is 0. The van der Waals surface area contributed by atoms with Crippen LogP contribution in [-0.4, -0.2) is 0 Å². The molecule has 0 amide bonds. The Balaban J connectivity index is 1.34. The first-order valence-electron chi connectivity index (χ1n) is 16.3. The zero-order chi connectivity index (χ0) is 27.9. The van der Waals surface area contributed by atoms with Crippen LogP contribution < -0.4 is 10.4 Å². The highest BCUT2D eigenvalue weighted by Gasteiger charge is 2.27. The fourth-order valence-corrected chi connectivity index (χ4v) is 8.19. The summed E-state index contributed by atoms with van der Waals surface area (Å²) in [5, 5.41) is 5.82. The van der Waals surface area contributed by atoms with Crippen LogP contribution in [0, 0.1) is 17.8 Å². The molecule has 0 fully saturated rings. The lowest BCUT2D eigenvalue weighted by atomic mass is 9.74. The van der Waals surface area contributed by atoms with Gasteiger partial charge in [-0.15, -0.1) is 0 Å². The highest BCUT2D eigenvalue weighted by atomic mass is 14.3. The van der Waals surface area contributed by atoms with E-state index in [9.17, 15) is 0 Å². The molecule has 208 valence electrons. The Labute approximate surface area is 250 Å². The lowest BCUT2D eigenvalue weighted by molar-refractivity contribution is 0.572. The SMILES string of the molecule is C1=CCC(C2=CC(C3=CCCC=C3)CC(c3c4c(c(C5=CC6=CC=CCC6CC5)c5ccccc35)=CCCC=4)=C2)C=C1. The van der Waals surface area contributed by atoms with Crippen LogP contribution in [0.5, 0.6) is 0 Å². The minimum absolute atomic E-state index is 0.432. The molecule has 0 heterocycles. The van der Waals surface area contributed by atoms with Gasteiger partial charge < -0.3 is 0 Å². The Hall–Kier alpha value is -3.90. The molecule has 6 aliphatic rings. The number of allylic oxidation sites excluding steroid dienone is 18. The molecule has 0 aliphatic heterocycles. The second-order valence-corrected chi connectivity index (χ2v) is 12.8. The maximum atomic E-state index is 2.59. The first-order valence-corrected chi connectivity index (χ1v) is 16.3. The topological polar surface area (TPSA) is 0 Å². The van der Waals surface area contributed by atoms with E-state index in [4.69, 9.17) is 0 Å². The van der Waals surface area contributed by atoms with Gasteiger partial charge in [0.1, 0.15) is 0 Å². The molecule has 0 heteroatoms. The molecule has 2 aromatic carbocycles. The van der Waals surface area contributed by atoms with Gasteiger partial charge in [-0.05, 0) is 124 Å². The molecule has 42 heavy (non-hydrogen) atoms. The molecule has 0 aromatic heterocycles. The molecule has 6 aliphatic carbocycles. The monoisotopic (exact) mass is 544 g/mol. The standard InChI is InChI=1S/C42H40/c1-3-13-29(14-4-1)34-26-35(30-15-5-2-6-16-30)28-36(27-34)42-39-21-11-9-19-37(39)41(38-20-10-12-22-40(38)42)33-24-23-31-17-7-8-18-32(31)25-33/h1,3-5,7-9,11,13,15-16,18-22,25-27,29,31,35H,2,6,10,12,14,17,23-24,28H2. The van der Waals surface area contributed by atoms with Crippen molar-refractivity contribution in [2.45, 2.75) is 57.8 Å². The summed E-state index contributed by atoms with van der Waals surface area (Å²) in [5.74, 6) is 1.58. The zero-order valence-electron chi connectivity index (χ0n) is 24.6. The molecule has 0 saturated carbocycles. The molecule has 8 rings (SSSR count). The van der Waals surface area contributed by atoms with Crippen LogP contribution in [0.1, 0.15) is 68.9 Å². The van der Waals surface area contributed by atoms with Crippen LogP contribution in [0.4, 0.5) is 0 Å². The van der Waals surface area contributed by atoms with Crippen molar-refractivity contribution in [2.24, 2.45) is 17.8 Å². The quantitative estimate of drug-likeness (QED) is 0.359. The molecule has 0 spiro atoms. The van der Waals surface area contributed by atoms with E-state index < -0.39 is 0 Å². The molecule has 0 radical (unpaired) electrons. The molecule has 2 aromatic rings. The van der Waals surface area contributed by atoms with Crippen molar-refractivity contribution in [1.29, 1.82) is 0 Å². The van der Waals surface area contributed by atoms with Crippen molar-refractivity contribution in [3.05, 3.63) is 142 Å². The second kappa shape index (κ2) is 11.1. The van der Waals surface area contributed by atoms with E-state index in [1.54, 1.807) is 0 Å². The van der Waals surface area contributed by atoms with Crippen LogP contribution in [-0.2, 0) is 0 Å². The number of hydrogen-bond donors (Lipinski definition) is 0. The van der Waals surface area contributed by atoms with Gasteiger partial charge in [0.05, 0.1) is 0 Å². The van der Waals surface area contributed by atoms with Crippen LogP contribution in [0.3, 0.4) is 0 Å². The van der Waals surface area contributed by atoms with Crippen molar-refractivity contribution >= 4 is 34.1 Å². The van der Waals surface area contributed by atoms with E-state index in [1.807, 2.05) is 0 Å². The number of benzene rings is 2. The van der Waals surface area contributed by atoms with Crippen molar-refractivity contribution < 1.29 is 0 Å². The van der Waals surface area contributed by atoms with Gasteiger partial charge in [-0.3, -0.25) is 0 Å². The second-order valence-electron chi connectivity index (χ2n) is 12.8. The molecular weight excluding hydrogens is 504 g/mol. The predicted molar refractivity (Wildman–Crippen MR) is 181 cm³/mol. The van der Waals surface area contributed by atoms with Gasteiger partial charge in [0.25, 0.3) is 0 Å². The molecule has 0 bridgehead atoms. The fraction of sp³-hybridized carbons (Fsp3) is 0.286. The largest absolute Gasteiger partial charge is 0.0839 e. The highest BCUT2D eigenvalue weighted by Crippen LogP contribution is 2.42. The van der Waals surface area contributed by atoms with Crippen molar-refractivity contribution in [1.82, 2.24) is 0 Å². The Morgan fingerprint density at radius 3 is 2.14 bits per heavy atom. The lowest BCUT2D eigenvalue weighted by Gasteiger charge is -2.30. The van der Waals surface area contributed by atoms with Crippen molar-refractivity contribution in [2.75, 3.05) is 0 Å². The van der Waals surface area contributed by atoms with Crippen LogP contribution in [0.25, 0.3) is 34.1 Å². The molecular formula is C42H40. The van der Waals surface area contributed by atoms with E-state index in [2.05, 4.69) is 115 Å². The zero-order valence-corrected chi connectivity index (χ0v) is 24.6. The maximum absolute atomic E-state index is 2.59. The van der Waals surface area contributed by atoms with Crippen molar-refractivity contribution in [3.8, 4) is 0 Å². The van der Waals surface area contributed by atoms with Gasteiger partial charge in [0.15, 0.2) is 0 Å². The van der Waals surface area contributed by atoms with Gasteiger partial charge >= 0.3 is 0 Å². The van der Waals surface area contributed by atoms with Crippen LogP contribution >= 0.6 is 0 Å². The van der Waals surface area contributed by atoms with Gasteiger partial charge in [0, 0.05) is 11.8 Å². The summed E-state index contributed by atoms with van der Waals surface area (Å²) < 4.78 is 0. The minimum atomic E-state index is 0.432. The van der Waals surface area contributed by atoms with Gasteiger partial charge in [-0.1, -0.05) is 115 Å². The first-order chi connectivity index (χ1) is 20.8. The summed E-state index contributed by atoms with van der Waals surface area (Å²) in [6.07, 6.45) is 46.6. The van der Waals surface area contributed by atoms with Gasteiger partial charge in [0.2, 0.25) is 0 Å². The summed E-state index contributed by atoms with van der Waals surface area (Å²) in [6.45, 7) is 0. The van der Waals surface area contributed by atoms with Gasteiger partial charge in [-0.2, -0.15) is 0 Å². The normalized spacial score (nSPS) is 26.2. The summed E-state index contributed by atoms with van der Waals surface area (Å²) in [5.41, 5.74) is 10.5. The maximum Gasteiger partial charge on any atom is 0.00613 e. The summed E-state index contributed by atoms with van der Waals surface area (Å²) in [7, 11) is 0. The van der Waals surface area contributed by atoms with E-state index in [-0.39, 0.29) is 0 Å². The van der Waals surface area contributed by atoms with E-state index in [1.165, 1.54) is 85.9 Å². The predicted octanol–water partition coefficient (Wildman–Crippen LogP) is 9.61. The van der Waals surface area contributed by atoms with Crippen LogP contribution in [0.15, 0.2) is 120 Å². The summed E-state index contributed by atoms with van der Waals surface area (Å²) >= 11 is 0. The first kappa shape index (κ1) is 25.8. The third kappa shape index (κ3) is 4.62.